The predicted molar refractivity (Wildman–Crippen MR) is 90.3 cm³/mol. The number of benzene rings is 1. The number of anilines is 1. The van der Waals surface area contributed by atoms with Crippen molar-refractivity contribution < 1.29 is 27.4 Å². The van der Waals surface area contributed by atoms with E-state index in [9.17, 15) is 13.2 Å². The van der Waals surface area contributed by atoms with E-state index in [2.05, 4.69) is 20.3 Å². The van der Waals surface area contributed by atoms with E-state index >= 15 is 0 Å². The standard InChI is InChI=1S/C13H14ClN5O6S/c1-23-7-4-5-8(14)9(6-7)26(21,22)19-11(20)15-10-16-12(24-2)18-13(17-10)25-3/h4-6H,1-3H3,(H2,15,16,17,18,19,20). The second-order valence-corrected chi connectivity index (χ2v) is 6.55. The molecular formula is C13H14ClN5O6S. The molecule has 2 rings (SSSR count). The van der Waals surface area contributed by atoms with Crippen LogP contribution in [0.25, 0.3) is 0 Å². The van der Waals surface area contributed by atoms with Crippen molar-refractivity contribution >= 4 is 33.6 Å². The van der Waals surface area contributed by atoms with Crippen molar-refractivity contribution in [1.82, 2.24) is 19.7 Å². The van der Waals surface area contributed by atoms with Crippen LogP contribution in [0.1, 0.15) is 0 Å². The van der Waals surface area contributed by atoms with Crippen molar-refractivity contribution in [1.29, 1.82) is 0 Å². The number of sulfonamides is 1. The number of hydrogen-bond donors (Lipinski definition) is 2. The number of aromatic nitrogens is 3. The summed E-state index contributed by atoms with van der Waals surface area (Å²) in [4.78, 5) is 22.9. The van der Waals surface area contributed by atoms with Crippen LogP contribution in [0, 0.1) is 0 Å². The van der Waals surface area contributed by atoms with E-state index < -0.39 is 16.1 Å². The van der Waals surface area contributed by atoms with Crippen LogP contribution in [0.3, 0.4) is 0 Å². The lowest BCUT2D eigenvalue weighted by Crippen LogP contribution is -2.35. The topological polar surface area (TPSA) is 142 Å². The van der Waals surface area contributed by atoms with Gasteiger partial charge in [-0.15, -0.1) is 4.98 Å². The molecule has 0 aliphatic carbocycles. The molecule has 26 heavy (non-hydrogen) atoms. The van der Waals surface area contributed by atoms with E-state index in [0.29, 0.717) is 0 Å². The highest BCUT2D eigenvalue weighted by atomic mass is 35.5. The summed E-state index contributed by atoms with van der Waals surface area (Å²) in [5, 5.41) is 2.05. The summed E-state index contributed by atoms with van der Waals surface area (Å²) < 4.78 is 41.1. The second kappa shape index (κ2) is 8.01. The number of methoxy groups -OCH3 is 3. The Kier molecular flexibility index (Phi) is 6.00. The number of hydrogen-bond acceptors (Lipinski definition) is 9. The van der Waals surface area contributed by atoms with Crippen molar-refractivity contribution in [2.24, 2.45) is 0 Å². The molecule has 1 heterocycles. The van der Waals surface area contributed by atoms with Crippen LogP contribution in [0.5, 0.6) is 17.8 Å². The van der Waals surface area contributed by atoms with Gasteiger partial charge < -0.3 is 14.2 Å². The number of carbonyl (C=O) groups excluding carboxylic acids is 1. The number of amides is 2. The molecule has 0 aliphatic heterocycles. The van der Waals surface area contributed by atoms with E-state index in [1.165, 1.54) is 39.5 Å². The Hall–Kier alpha value is -2.86. The first kappa shape index (κ1) is 19.5. The average Bonchev–Trinajstić information content (AvgIpc) is 2.60. The Bertz CT molecular complexity index is 901. The predicted octanol–water partition coefficient (Wildman–Crippen LogP) is 1.06. The van der Waals surface area contributed by atoms with Gasteiger partial charge in [-0.05, 0) is 12.1 Å². The molecule has 2 amide bonds. The minimum absolute atomic E-state index is 0.0883. The molecule has 0 saturated carbocycles. The van der Waals surface area contributed by atoms with Gasteiger partial charge >= 0.3 is 18.1 Å². The SMILES string of the molecule is COc1ccc(Cl)c(S(=O)(=O)NC(=O)Nc2nc(OC)nc(OC)n2)c1. The Balaban J connectivity index is 2.22. The molecule has 1 aromatic carbocycles. The molecule has 140 valence electrons. The zero-order valence-corrected chi connectivity index (χ0v) is 15.4. The molecule has 0 fully saturated rings. The third-order valence-corrected chi connectivity index (χ3v) is 4.65. The first-order valence-electron chi connectivity index (χ1n) is 6.80. The van der Waals surface area contributed by atoms with Gasteiger partial charge in [0.2, 0.25) is 5.95 Å². The molecule has 0 spiro atoms. The fourth-order valence-corrected chi connectivity index (χ4v) is 3.12. The summed E-state index contributed by atoms with van der Waals surface area (Å²) in [6.07, 6.45) is 0. The molecule has 0 aliphatic rings. The fourth-order valence-electron chi connectivity index (χ4n) is 1.70. The number of carbonyl (C=O) groups is 1. The molecule has 0 saturated heterocycles. The third-order valence-electron chi connectivity index (χ3n) is 2.84. The Morgan fingerprint density at radius 3 is 2.19 bits per heavy atom. The van der Waals surface area contributed by atoms with Gasteiger partial charge in [-0.2, -0.15) is 9.97 Å². The van der Waals surface area contributed by atoms with Crippen LogP contribution in [0.15, 0.2) is 23.1 Å². The van der Waals surface area contributed by atoms with Gasteiger partial charge in [0, 0.05) is 6.07 Å². The molecule has 0 atom stereocenters. The lowest BCUT2D eigenvalue weighted by Gasteiger charge is -2.10. The van der Waals surface area contributed by atoms with Crippen LogP contribution in [-0.2, 0) is 10.0 Å². The van der Waals surface area contributed by atoms with E-state index in [1.807, 2.05) is 0 Å². The molecule has 2 N–H and O–H groups in total. The first-order valence-corrected chi connectivity index (χ1v) is 8.66. The third kappa shape index (κ3) is 4.61. The van der Waals surface area contributed by atoms with Crippen molar-refractivity contribution in [2.75, 3.05) is 26.6 Å². The van der Waals surface area contributed by atoms with Crippen LogP contribution in [0.4, 0.5) is 10.7 Å². The highest BCUT2D eigenvalue weighted by molar-refractivity contribution is 7.90. The maximum atomic E-state index is 12.4. The van der Waals surface area contributed by atoms with Crippen molar-refractivity contribution in [3.05, 3.63) is 23.2 Å². The Morgan fingerprint density at radius 1 is 1.04 bits per heavy atom. The van der Waals surface area contributed by atoms with Gasteiger partial charge in [-0.1, -0.05) is 11.6 Å². The number of nitrogens with zero attached hydrogens (tertiary/aromatic N) is 3. The first-order chi connectivity index (χ1) is 12.3. The molecule has 0 radical (unpaired) electrons. The largest absolute Gasteiger partial charge is 0.497 e. The fraction of sp³-hybridized carbons (Fsp3) is 0.231. The van der Waals surface area contributed by atoms with Crippen molar-refractivity contribution in [2.45, 2.75) is 4.90 Å². The van der Waals surface area contributed by atoms with Gasteiger partial charge in [-0.3, -0.25) is 5.32 Å². The van der Waals surface area contributed by atoms with E-state index in [1.54, 1.807) is 4.72 Å². The van der Waals surface area contributed by atoms with Gasteiger partial charge in [0.05, 0.1) is 26.4 Å². The Labute approximate surface area is 153 Å². The quantitative estimate of drug-likeness (QED) is 0.723. The molecule has 0 unspecified atom stereocenters. The highest BCUT2D eigenvalue weighted by Crippen LogP contribution is 2.26. The van der Waals surface area contributed by atoms with Crippen molar-refractivity contribution in [3.8, 4) is 17.8 Å². The maximum absolute atomic E-state index is 12.4. The van der Waals surface area contributed by atoms with Gasteiger partial charge in [0.15, 0.2) is 0 Å². The van der Waals surface area contributed by atoms with Gasteiger partial charge in [-0.25, -0.2) is 17.9 Å². The minimum Gasteiger partial charge on any atom is -0.497 e. The molecule has 13 heteroatoms. The Morgan fingerprint density at radius 2 is 1.65 bits per heavy atom. The lowest BCUT2D eigenvalue weighted by molar-refractivity contribution is 0.256. The van der Waals surface area contributed by atoms with Gasteiger partial charge in [0.25, 0.3) is 10.0 Å². The van der Waals surface area contributed by atoms with E-state index in [4.69, 9.17) is 25.8 Å². The number of nitrogens with one attached hydrogen (secondary N) is 2. The lowest BCUT2D eigenvalue weighted by atomic mass is 10.3. The van der Waals surface area contributed by atoms with Crippen LogP contribution in [0.2, 0.25) is 5.02 Å². The number of ether oxygens (including phenoxy) is 3. The van der Waals surface area contributed by atoms with Crippen LogP contribution in [-0.4, -0.2) is 50.7 Å². The van der Waals surface area contributed by atoms with Gasteiger partial charge in [0.1, 0.15) is 10.6 Å². The number of rotatable bonds is 6. The smallest absolute Gasteiger partial charge is 0.335 e. The summed E-state index contributed by atoms with van der Waals surface area (Å²) in [5.41, 5.74) is 0. The molecule has 11 nitrogen and oxygen atoms in total. The maximum Gasteiger partial charge on any atom is 0.335 e. The van der Waals surface area contributed by atoms with Crippen molar-refractivity contribution in [3.63, 3.8) is 0 Å². The normalized spacial score (nSPS) is 10.8. The number of halogens is 1. The van der Waals surface area contributed by atoms with E-state index in [0.717, 1.165) is 0 Å². The summed E-state index contributed by atoms with van der Waals surface area (Å²) >= 11 is 5.89. The second-order valence-electron chi connectivity index (χ2n) is 4.49. The zero-order valence-electron chi connectivity index (χ0n) is 13.8. The summed E-state index contributed by atoms with van der Waals surface area (Å²) in [5.74, 6) is -0.0275. The highest BCUT2D eigenvalue weighted by Gasteiger charge is 2.22. The molecule has 1 aromatic heterocycles. The summed E-state index contributed by atoms with van der Waals surface area (Å²) in [6, 6.07) is 2.59. The number of urea groups is 1. The van der Waals surface area contributed by atoms with E-state index in [-0.39, 0.29) is 33.6 Å². The summed E-state index contributed by atoms with van der Waals surface area (Å²) in [6.45, 7) is 0. The molecule has 0 bridgehead atoms. The van der Waals surface area contributed by atoms with Crippen LogP contribution < -0.4 is 24.2 Å². The summed E-state index contributed by atoms with van der Waals surface area (Å²) in [7, 11) is -0.321. The molecule has 2 aromatic rings. The van der Waals surface area contributed by atoms with Crippen LogP contribution >= 0.6 is 11.6 Å². The zero-order chi connectivity index (χ0) is 19.3. The monoisotopic (exact) mass is 403 g/mol. The molecular weight excluding hydrogens is 390 g/mol. The minimum atomic E-state index is -4.28. The average molecular weight is 404 g/mol.